The lowest BCUT2D eigenvalue weighted by atomic mass is 9.98. The quantitative estimate of drug-likeness (QED) is 0.736. The van der Waals surface area contributed by atoms with Crippen molar-refractivity contribution in [2.24, 2.45) is 0 Å². The minimum Gasteiger partial charge on any atom is -0.324 e. The first-order chi connectivity index (χ1) is 13.3. The summed E-state index contributed by atoms with van der Waals surface area (Å²) in [7, 11) is 0. The fraction of sp³-hybridized carbons (Fsp3) is 0.318. The van der Waals surface area contributed by atoms with Crippen molar-refractivity contribution < 1.29 is 4.79 Å². The Morgan fingerprint density at radius 3 is 2.57 bits per heavy atom. The van der Waals surface area contributed by atoms with Gasteiger partial charge in [0, 0.05) is 5.69 Å². The fourth-order valence-corrected chi connectivity index (χ4v) is 3.28. The standard InChI is InChI=1S/C22H26N4O2/c1-14(2)18-8-6-7-17(5)21(18)24-20(27)12-25-22(28)23-13-26(25)19-11-15(3)9-10-16(19)4/h6-11,13-14H,12H2,1-5H3,(H,24,27). The van der Waals surface area contributed by atoms with Crippen molar-refractivity contribution in [1.29, 1.82) is 0 Å². The fourth-order valence-electron chi connectivity index (χ4n) is 3.28. The third-order valence-electron chi connectivity index (χ3n) is 4.85. The van der Waals surface area contributed by atoms with Crippen LogP contribution in [0.2, 0.25) is 0 Å². The first-order valence-electron chi connectivity index (χ1n) is 9.39. The van der Waals surface area contributed by atoms with Crippen LogP contribution in [0.3, 0.4) is 0 Å². The van der Waals surface area contributed by atoms with E-state index < -0.39 is 5.69 Å². The van der Waals surface area contributed by atoms with E-state index in [0.717, 1.165) is 33.6 Å². The predicted molar refractivity (Wildman–Crippen MR) is 111 cm³/mol. The normalized spacial score (nSPS) is 11.1. The van der Waals surface area contributed by atoms with E-state index in [4.69, 9.17) is 0 Å². The van der Waals surface area contributed by atoms with Gasteiger partial charge in [0.05, 0.1) is 5.69 Å². The highest BCUT2D eigenvalue weighted by molar-refractivity contribution is 5.92. The zero-order chi connectivity index (χ0) is 20.4. The maximum Gasteiger partial charge on any atom is 0.364 e. The number of nitrogens with zero attached hydrogens (tertiary/aromatic N) is 3. The number of nitrogens with one attached hydrogen (secondary N) is 1. The average Bonchev–Trinajstić information content (AvgIpc) is 2.99. The van der Waals surface area contributed by atoms with E-state index in [1.54, 1.807) is 4.68 Å². The second-order valence-corrected chi connectivity index (χ2v) is 7.46. The van der Waals surface area contributed by atoms with E-state index in [-0.39, 0.29) is 18.4 Å². The number of aromatic nitrogens is 3. The molecule has 2 aromatic carbocycles. The van der Waals surface area contributed by atoms with Gasteiger partial charge in [0.15, 0.2) is 0 Å². The molecule has 0 spiro atoms. The largest absolute Gasteiger partial charge is 0.364 e. The van der Waals surface area contributed by atoms with E-state index in [2.05, 4.69) is 24.1 Å². The number of amides is 1. The lowest BCUT2D eigenvalue weighted by molar-refractivity contribution is -0.117. The number of aryl methyl sites for hydroxylation is 3. The minimum atomic E-state index is -0.454. The van der Waals surface area contributed by atoms with Gasteiger partial charge in [-0.1, -0.05) is 44.2 Å². The van der Waals surface area contributed by atoms with E-state index in [1.807, 2.05) is 57.2 Å². The van der Waals surface area contributed by atoms with Gasteiger partial charge >= 0.3 is 5.69 Å². The van der Waals surface area contributed by atoms with Crippen molar-refractivity contribution >= 4 is 11.6 Å². The summed E-state index contributed by atoms with van der Waals surface area (Å²) in [6.45, 7) is 9.98. The number of hydrogen-bond donors (Lipinski definition) is 1. The van der Waals surface area contributed by atoms with Crippen LogP contribution in [0.5, 0.6) is 0 Å². The molecule has 0 atom stereocenters. The Morgan fingerprint density at radius 1 is 1.11 bits per heavy atom. The topological polar surface area (TPSA) is 68.9 Å². The van der Waals surface area contributed by atoms with Crippen LogP contribution in [0.25, 0.3) is 5.69 Å². The molecule has 0 fully saturated rings. The molecule has 0 aliphatic rings. The first kappa shape index (κ1) is 19.6. The summed E-state index contributed by atoms with van der Waals surface area (Å²) < 4.78 is 3.00. The van der Waals surface area contributed by atoms with Crippen LogP contribution in [-0.2, 0) is 11.3 Å². The average molecular weight is 378 g/mol. The molecule has 1 N–H and O–H groups in total. The molecular formula is C22H26N4O2. The third kappa shape index (κ3) is 3.91. The number of carbonyl (C=O) groups excluding carboxylic acids is 1. The van der Waals surface area contributed by atoms with Crippen molar-refractivity contribution in [3.63, 3.8) is 0 Å². The molecule has 0 saturated heterocycles. The summed E-state index contributed by atoms with van der Waals surface area (Å²) in [6, 6.07) is 11.9. The van der Waals surface area contributed by atoms with Gasteiger partial charge in [-0.2, -0.15) is 4.98 Å². The molecule has 0 saturated carbocycles. The number of benzene rings is 2. The van der Waals surface area contributed by atoms with Crippen molar-refractivity contribution in [3.05, 3.63) is 75.5 Å². The molecule has 146 valence electrons. The molecule has 0 aliphatic heterocycles. The number of para-hydroxylation sites is 1. The summed E-state index contributed by atoms with van der Waals surface area (Å²) >= 11 is 0. The number of anilines is 1. The summed E-state index contributed by atoms with van der Waals surface area (Å²) in [5.74, 6) is 0.0174. The molecule has 1 aromatic heterocycles. The molecule has 3 aromatic rings. The second kappa shape index (κ2) is 7.84. The molecule has 0 radical (unpaired) electrons. The van der Waals surface area contributed by atoms with Crippen LogP contribution in [0, 0.1) is 20.8 Å². The third-order valence-corrected chi connectivity index (χ3v) is 4.85. The lowest BCUT2D eigenvalue weighted by Crippen LogP contribution is -2.30. The van der Waals surface area contributed by atoms with Crippen LogP contribution in [0.1, 0.15) is 42.0 Å². The Bertz CT molecular complexity index is 1080. The van der Waals surface area contributed by atoms with Gasteiger partial charge in [-0.15, -0.1) is 0 Å². The summed E-state index contributed by atoms with van der Waals surface area (Å²) in [4.78, 5) is 29.0. The van der Waals surface area contributed by atoms with Gasteiger partial charge in [-0.25, -0.2) is 14.2 Å². The zero-order valence-corrected chi connectivity index (χ0v) is 17.0. The second-order valence-electron chi connectivity index (χ2n) is 7.46. The van der Waals surface area contributed by atoms with Gasteiger partial charge in [-0.05, 0) is 55.0 Å². The smallest absolute Gasteiger partial charge is 0.324 e. The summed E-state index contributed by atoms with van der Waals surface area (Å²) in [6.07, 6.45) is 1.46. The Hall–Kier alpha value is -3.15. The minimum absolute atomic E-state index is 0.113. The first-order valence-corrected chi connectivity index (χ1v) is 9.39. The monoisotopic (exact) mass is 378 g/mol. The van der Waals surface area contributed by atoms with Crippen molar-refractivity contribution in [2.75, 3.05) is 5.32 Å². The zero-order valence-electron chi connectivity index (χ0n) is 17.0. The van der Waals surface area contributed by atoms with Gasteiger partial charge in [0.1, 0.15) is 12.9 Å². The maximum atomic E-state index is 12.8. The highest BCUT2D eigenvalue weighted by Gasteiger charge is 2.16. The highest BCUT2D eigenvalue weighted by atomic mass is 16.2. The van der Waals surface area contributed by atoms with Crippen LogP contribution < -0.4 is 11.0 Å². The van der Waals surface area contributed by atoms with Gasteiger partial charge in [0.2, 0.25) is 5.91 Å². The van der Waals surface area contributed by atoms with Crippen LogP contribution in [0.15, 0.2) is 47.5 Å². The van der Waals surface area contributed by atoms with E-state index >= 15 is 0 Å². The van der Waals surface area contributed by atoms with Gasteiger partial charge in [-0.3, -0.25) is 4.79 Å². The van der Waals surface area contributed by atoms with E-state index in [1.165, 1.54) is 11.0 Å². The Labute approximate surface area is 164 Å². The maximum absolute atomic E-state index is 12.8. The summed E-state index contributed by atoms with van der Waals surface area (Å²) in [5, 5.41) is 2.99. The van der Waals surface area contributed by atoms with Crippen LogP contribution in [-0.4, -0.2) is 20.3 Å². The molecule has 0 aliphatic carbocycles. The van der Waals surface area contributed by atoms with E-state index in [9.17, 15) is 9.59 Å². The molecule has 6 heteroatoms. The molecule has 1 amide bonds. The SMILES string of the molecule is Cc1ccc(C)c(-n2cnc(=O)n2CC(=O)Nc2c(C)cccc2C(C)C)c1. The Balaban J connectivity index is 1.92. The predicted octanol–water partition coefficient (Wildman–Crippen LogP) is 3.72. The number of hydrogen-bond acceptors (Lipinski definition) is 3. The molecule has 0 bridgehead atoms. The highest BCUT2D eigenvalue weighted by Crippen LogP contribution is 2.27. The van der Waals surface area contributed by atoms with E-state index in [0.29, 0.717) is 0 Å². The van der Waals surface area contributed by atoms with Crippen molar-refractivity contribution in [3.8, 4) is 5.69 Å². The van der Waals surface area contributed by atoms with Crippen LogP contribution >= 0.6 is 0 Å². The number of carbonyl (C=O) groups is 1. The lowest BCUT2D eigenvalue weighted by Gasteiger charge is -2.17. The number of rotatable bonds is 5. The Morgan fingerprint density at radius 2 is 1.86 bits per heavy atom. The molecule has 0 unspecified atom stereocenters. The summed E-state index contributed by atoms with van der Waals surface area (Å²) in [5.41, 5.74) is 5.33. The van der Waals surface area contributed by atoms with Crippen molar-refractivity contribution in [1.82, 2.24) is 14.3 Å². The molecule has 3 rings (SSSR count). The Kier molecular flexibility index (Phi) is 5.49. The molecule has 6 nitrogen and oxygen atoms in total. The molecule has 1 heterocycles. The molecule has 28 heavy (non-hydrogen) atoms. The van der Waals surface area contributed by atoms with Crippen molar-refractivity contribution in [2.45, 2.75) is 47.1 Å². The molecular weight excluding hydrogens is 352 g/mol. The van der Waals surface area contributed by atoms with Crippen LogP contribution in [0.4, 0.5) is 5.69 Å². The van der Waals surface area contributed by atoms with Gasteiger partial charge in [0.25, 0.3) is 0 Å². The van der Waals surface area contributed by atoms with Gasteiger partial charge < -0.3 is 5.32 Å².